The van der Waals surface area contributed by atoms with Crippen molar-refractivity contribution in [2.24, 2.45) is 0 Å². The first-order valence-electron chi connectivity index (χ1n) is 9.85. The van der Waals surface area contributed by atoms with Crippen molar-refractivity contribution in [1.29, 1.82) is 0 Å². The molecule has 1 aromatic heterocycles. The van der Waals surface area contributed by atoms with Gasteiger partial charge in [-0.2, -0.15) is 9.40 Å². The molecule has 0 aliphatic carbocycles. The van der Waals surface area contributed by atoms with Gasteiger partial charge in [-0.1, -0.05) is 6.42 Å². The van der Waals surface area contributed by atoms with Crippen LogP contribution in [0, 0.1) is 6.92 Å². The van der Waals surface area contributed by atoms with E-state index < -0.39 is 10.0 Å². The second kappa shape index (κ2) is 8.70. The average Bonchev–Trinajstić information content (AvgIpc) is 3.08. The van der Waals surface area contributed by atoms with E-state index in [1.165, 1.54) is 25.5 Å². The van der Waals surface area contributed by atoms with E-state index in [1.54, 1.807) is 15.3 Å². The molecule has 8 nitrogen and oxygen atoms in total. The van der Waals surface area contributed by atoms with Gasteiger partial charge in [0.25, 0.3) is 5.91 Å². The first-order chi connectivity index (χ1) is 12.8. The number of hydrogen-bond acceptors (Lipinski definition) is 5. The number of hydrogen-bond donors (Lipinski definition) is 1. The van der Waals surface area contributed by atoms with E-state index in [9.17, 15) is 13.2 Å². The standard InChI is InChI=1S/C18H31N5O3S/c1-15-13-17(20-19-15)18(24)22-10-6-7-16(14-22)23(27(2,25)26)12-11-21-8-4-3-5-9-21/h13,16H,3-12,14H2,1-2H3,(H,19,20). The minimum Gasteiger partial charge on any atom is -0.336 e. The summed E-state index contributed by atoms with van der Waals surface area (Å²) in [5.74, 6) is -0.131. The van der Waals surface area contributed by atoms with Crippen LogP contribution in [-0.4, -0.2) is 90.2 Å². The zero-order chi connectivity index (χ0) is 19.4. The first-order valence-corrected chi connectivity index (χ1v) is 11.7. The Morgan fingerprint density at radius 3 is 2.63 bits per heavy atom. The Hall–Kier alpha value is -1.45. The van der Waals surface area contributed by atoms with Crippen molar-refractivity contribution in [3.8, 4) is 0 Å². The van der Waals surface area contributed by atoms with Crippen molar-refractivity contribution in [1.82, 2.24) is 24.3 Å². The lowest BCUT2D eigenvalue weighted by atomic mass is 10.0. The van der Waals surface area contributed by atoms with Crippen molar-refractivity contribution in [3.05, 3.63) is 17.5 Å². The van der Waals surface area contributed by atoms with Crippen molar-refractivity contribution >= 4 is 15.9 Å². The lowest BCUT2D eigenvalue weighted by molar-refractivity contribution is 0.0641. The van der Waals surface area contributed by atoms with Gasteiger partial charge in [0.15, 0.2) is 0 Å². The Labute approximate surface area is 161 Å². The molecule has 1 atom stereocenters. The summed E-state index contributed by atoms with van der Waals surface area (Å²) >= 11 is 0. The predicted molar refractivity (Wildman–Crippen MR) is 104 cm³/mol. The number of carbonyl (C=O) groups is 1. The molecule has 3 heterocycles. The third kappa shape index (κ3) is 5.30. The summed E-state index contributed by atoms with van der Waals surface area (Å²) in [7, 11) is -3.33. The largest absolute Gasteiger partial charge is 0.336 e. The Bertz CT molecular complexity index is 742. The molecule has 1 aromatic rings. The van der Waals surface area contributed by atoms with Crippen LogP contribution in [0.1, 0.15) is 48.3 Å². The maximum absolute atomic E-state index is 12.7. The number of aromatic nitrogens is 2. The molecule has 0 spiro atoms. The van der Waals surface area contributed by atoms with E-state index >= 15 is 0 Å². The Balaban J connectivity index is 1.65. The number of aryl methyl sites for hydroxylation is 1. The van der Waals surface area contributed by atoms with Gasteiger partial charge in [-0.05, 0) is 51.8 Å². The van der Waals surface area contributed by atoms with Gasteiger partial charge in [-0.3, -0.25) is 9.89 Å². The summed E-state index contributed by atoms with van der Waals surface area (Å²) in [6, 6.07) is 1.57. The number of piperidine rings is 2. The molecule has 2 aliphatic rings. The highest BCUT2D eigenvalue weighted by Gasteiger charge is 2.33. The van der Waals surface area contributed by atoms with Gasteiger partial charge < -0.3 is 9.80 Å². The van der Waals surface area contributed by atoms with Crippen LogP contribution in [0.15, 0.2) is 6.07 Å². The number of rotatable bonds is 6. The van der Waals surface area contributed by atoms with Crippen LogP contribution in [0.4, 0.5) is 0 Å². The molecule has 9 heteroatoms. The van der Waals surface area contributed by atoms with Crippen LogP contribution >= 0.6 is 0 Å². The topological polar surface area (TPSA) is 89.6 Å². The van der Waals surface area contributed by atoms with Crippen LogP contribution in [0.5, 0.6) is 0 Å². The van der Waals surface area contributed by atoms with Gasteiger partial charge in [0.1, 0.15) is 5.69 Å². The fourth-order valence-electron chi connectivity index (χ4n) is 4.11. The highest BCUT2D eigenvalue weighted by Crippen LogP contribution is 2.20. The molecule has 1 N–H and O–H groups in total. The van der Waals surface area contributed by atoms with E-state index in [1.807, 2.05) is 6.92 Å². The number of likely N-dealkylation sites (tertiary alicyclic amines) is 2. The molecular formula is C18H31N5O3S. The SMILES string of the molecule is Cc1cc(C(=O)N2CCCC(N(CCN3CCCCC3)S(C)(=O)=O)C2)n[nH]1. The molecule has 0 radical (unpaired) electrons. The molecule has 0 saturated carbocycles. The Morgan fingerprint density at radius 1 is 1.26 bits per heavy atom. The summed E-state index contributed by atoms with van der Waals surface area (Å²) in [5, 5.41) is 6.85. The molecule has 152 valence electrons. The van der Waals surface area contributed by atoms with Crippen molar-refractivity contribution < 1.29 is 13.2 Å². The number of nitrogens with zero attached hydrogens (tertiary/aromatic N) is 4. The van der Waals surface area contributed by atoms with Crippen LogP contribution in [0.3, 0.4) is 0 Å². The second-order valence-corrected chi connectivity index (χ2v) is 9.69. The third-order valence-electron chi connectivity index (χ3n) is 5.53. The van der Waals surface area contributed by atoms with Gasteiger partial charge in [0, 0.05) is 37.9 Å². The molecular weight excluding hydrogens is 366 g/mol. The van der Waals surface area contributed by atoms with Crippen LogP contribution in [0.2, 0.25) is 0 Å². The quantitative estimate of drug-likeness (QED) is 0.776. The van der Waals surface area contributed by atoms with Gasteiger partial charge in [0.05, 0.1) is 6.26 Å². The average molecular weight is 398 g/mol. The van der Waals surface area contributed by atoms with Crippen LogP contribution in [-0.2, 0) is 10.0 Å². The van der Waals surface area contributed by atoms with E-state index in [0.717, 1.165) is 38.2 Å². The predicted octanol–water partition coefficient (Wildman–Crippen LogP) is 1.07. The van der Waals surface area contributed by atoms with Crippen LogP contribution in [0.25, 0.3) is 0 Å². The van der Waals surface area contributed by atoms with Gasteiger partial charge in [-0.15, -0.1) is 0 Å². The lowest BCUT2D eigenvalue weighted by Crippen LogP contribution is -2.53. The van der Waals surface area contributed by atoms with Crippen molar-refractivity contribution in [2.75, 3.05) is 45.5 Å². The fourth-order valence-corrected chi connectivity index (χ4v) is 5.23. The monoisotopic (exact) mass is 397 g/mol. The molecule has 0 aromatic carbocycles. The summed E-state index contributed by atoms with van der Waals surface area (Å²) in [5.41, 5.74) is 1.23. The zero-order valence-electron chi connectivity index (χ0n) is 16.4. The molecule has 2 saturated heterocycles. The first kappa shape index (κ1) is 20.3. The normalized spacial score (nSPS) is 22.3. The molecule has 0 bridgehead atoms. The van der Waals surface area contributed by atoms with E-state index in [4.69, 9.17) is 0 Å². The number of amides is 1. The van der Waals surface area contributed by atoms with E-state index in [0.29, 0.717) is 25.3 Å². The Morgan fingerprint density at radius 2 is 2.00 bits per heavy atom. The van der Waals surface area contributed by atoms with Gasteiger partial charge in [0.2, 0.25) is 10.0 Å². The fraction of sp³-hybridized carbons (Fsp3) is 0.778. The smallest absolute Gasteiger partial charge is 0.274 e. The molecule has 3 rings (SSSR count). The number of sulfonamides is 1. The minimum absolute atomic E-state index is 0.131. The molecule has 2 aliphatic heterocycles. The number of nitrogens with one attached hydrogen (secondary N) is 1. The summed E-state index contributed by atoms with van der Waals surface area (Å²) < 4.78 is 26.5. The number of carbonyl (C=O) groups excluding carboxylic acids is 1. The van der Waals surface area contributed by atoms with Crippen molar-refractivity contribution in [3.63, 3.8) is 0 Å². The van der Waals surface area contributed by atoms with Gasteiger partial charge in [-0.25, -0.2) is 8.42 Å². The molecule has 2 fully saturated rings. The number of aromatic amines is 1. The molecule has 1 amide bonds. The third-order valence-corrected chi connectivity index (χ3v) is 6.86. The second-order valence-electron chi connectivity index (χ2n) is 7.76. The highest BCUT2D eigenvalue weighted by molar-refractivity contribution is 7.88. The Kier molecular flexibility index (Phi) is 6.54. The van der Waals surface area contributed by atoms with E-state index in [-0.39, 0.29) is 11.9 Å². The summed E-state index contributed by atoms with van der Waals surface area (Å²) in [6.07, 6.45) is 6.51. The lowest BCUT2D eigenvalue weighted by Gasteiger charge is -2.39. The maximum atomic E-state index is 12.7. The minimum atomic E-state index is -3.33. The summed E-state index contributed by atoms with van der Waals surface area (Å²) in [6.45, 7) is 6.28. The van der Waals surface area contributed by atoms with Gasteiger partial charge >= 0.3 is 0 Å². The summed E-state index contributed by atoms with van der Waals surface area (Å²) in [4.78, 5) is 16.8. The zero-order valence-corrected chi connectivity index (χ0v) is 17.2. The molecule has 27 heavy (non-hydrogen) atoms. The van der Waals surface area contributed by atoms with Crippen LogP contribution < -0.4 is 0 Å². The highest BCUT2D eigenvalue weighted by atomic mass is 32.2. The van der Waals surface area contributed by atoms with E-state index in [2.05, 4.69) is 15.1 Å². The maximum Gasteiger partial charge on any atom is 0.274 e. The van der Waals surface area contributed by atoms with Crippen molar-refractivity contribution in [2.45, 2.75) is 45.1 Å². The number of H-pyrrole nitrogens is 1. The molecule has 1 unspecified atom stereocenters.